The third-order valence-corrected chi connectivity index (χ3v) is 4.23. The van der Waals surface area contributed by atoms with Crippen molar-refractivity contribution in [2.45, 2.75) is 38.1 Å². The second kappa shape index (κ2) is 7.85. The summed E-state index contributed by atoms with van der Waals surface area (Å²) >= 11 is 0. The summed E-state index contributed by atoms with van der Waals surface area (Å²) in [6.45, 7) is 6.32. The van der Waals surface area contributed by atoms with Crippen molar-refractivity contribution in [1.82, 2.24) is 4.72 Å². The van der Waals surface area contributed by atoms with E-state index in [2.05, 4.69) is 4.72 Å². The average molecular weight is 307 g/mol. The third kappa shape index (κ3) is 5.91. The quantitative estimate of drug-likeness (QED) is 0.845. The standard InChI is InChI=1S/C13H22N2O2S.ClH/c1-10(2)8-12(9-14)15-18(16,17)13-6-4-11(3)5-7-13;/h4-7,10,12,15H,8-9,14H2,1-3H3;1H. The monoisotopic (exact) mass is 306 g/mol. The predicted molar refractivity (Wildman–Crippen MR) is 81.0 cm³/mol. The Balaban J connectivity index is 0.00000324. The lowest BCUT2D eigenvalue weighted by Crippen LogP contribution is -2.40. The minimum atomic E-state index is -3.46. The molecular formula is C13H23ClN2O2S. The molecule has 0 aliphatic carbocycles. The van der Waals surface area contributed by atoms with Crippen LogP contribution in [0.5, 0.6) is 0 Å². The number of halogens is 1. The van der Waals surface area contributed by atoms with Gasteiger partial charge in [-0.05, 0) is 31.4 Å². The second-order valence-electron chi connectivity index (χ2n) is 5.00. The first-order chi connectivity index (χ1) is 8.35. The molecule has 0 aliphatic rings. The fraction of sp³-hybridized carbons (Fsp3) is 0.538. The van der Waals surface area contributed by atoms with E-state index in [4.69, 9.17) is 5.73 Å². The van der Waals surface area contributed by atoms with Gasteiger partial charge in [-0.25, -0.2) is 13.1 Å². The van der Waals surface area contributed by atoms with Crippen molar-refractivity contribution in [2.24, 2.45) is 11.7 Å². The Morgan fingerprint density at radius 1 is 1.21 bits per heavy atom. The van der Waals surface area contributed by atoms with Gasteiger partial charge in [-0.15, -0.1) is 12.4 Å². The molecule has 3 N–H and O–H groups in total. The lowest BCUT2D eigenvalue weighted by Gasteiger charge is -2.18. The Kier molecular flexibility index (Phi) is 7.59. The van der Waals surface area contributed by atoms with E-state index < -0.39 is 10.0 Å². The smallest absolute Gasteiger partial charge is 0.240 e. The van der Waals surface area contributed by atoms with Crippen LogP contribution in [-0.4, -0.2) is 21.0 Å². The maximum atomic E-state index is 12.1. The van der Waals surface area contributed by atoms with Crippen LogP contribution < -0.4 is 10.5 Å². The lowest BCUT2D eigenvalue weighted by atomic mass is 10.1. The molecule has 0 saturated heterocycles. The molecule has 0 amide bonds. The van der Waals surface area contributed by atoms with Crippen LogP contribution in [0.1, 0.15) is 25.8 Å². The lowest BCUT2D eigenvalue weighted by molar-refractivity contribution is 0.465. The van der Waals surface area contributed by atoms with Gasteiger partial charge in [0.15, 0.2) is 0 Å². The van der Waals surface area contributed by atoms with Gasteiger partial charge in [0.05, 0.1) is 4.90 Å². The maximum Gasteiger partial charge on any atom is 0.240 e. The van der Waals surface area contributed by atoms with Crippen LogP contribution >= 0.6 is 12.4 Å². The molecule has 0 radical (unpaired) electrons. The summed E-state index contributed by atoms with van der Waals surface area (Å²) in [6, 6.07) is 6.58. The van der Waals surface area contributed by atoms with Crippen LogP contribution in [0.3, 0.4) is 0 Å². The third-order valence-electron chi connectivity index (χ3n) is 2.69. The molecule has 0 saturated carbocycles. The van der Waals surface area contributed by atoms with Gasteiger partial charge >= 0.3 is 0 Å². The molecule has 0 spiro atoms. The van der Waals surface area contributed by atoms with E-state index in [1.165, 1.54) is 0 Å². The molecule has 1 unspecified atom stereocenters. The first-order valence-electron chi connectivity index (χ1n) is 6.14. The number of hydrogen-bond acceptors (Lipinski definition) is 3. The highest BCUT2D eigenvalue weighted by Crippen LogP contribution is 2.12. The van der Waals surface area contributed by atoms with Crippen molar-refractivity contribution in [3.05, 3.63) is 29.8 Å². The van der Waals surface area contributed by atoms with Crippen molar-refractivity contribution < 1.29 is 8.42 Å². The predicted octanol–water partition coefficient (Wildman–Crippen LogP) is 2.07. The highest BCUT2D eigenvalue weighted by Gasteiger charge is 2.19. The SMILES string of the molecule is Cc1ccc(S(=O)(=O)NC(CN)CC(C)C)cc1.Cl. The summed E-state index contributed by atoms with van der Waals surface area (Å²) in [4.78, 5) is 0.287. The second-order valence-corrected chi connectivity index (χ2v) is 6.71. The van der Waals surface area contributed by atoms with Gasteiger partial charge in [-0.2, -0.15) is 0 Å². The Hall–Kier alpha value is -0.620. The largest absolute Gasteiger partial charge is 0.329 e. The van der Waals surface area contributed by atoms with Gasteiger partial charge in [0, 0.05) is 12.6 Å². The van der Waals surface area contributed by atoms with E-state index in [1.54, 1.807) is 24.3 Å². The van der Waals surface area contributed by atoms with Crippen molar-refractivity contribution in [2.75, 3.05) is 6.54 Å². The molecule has 4 nitrogen and oxygen atoms in total. The number of nitrogens with two attached hydrogens (primary N) is 1. The highest BCUT2D eigenvalue weighted by atomic mass is 35.5. The molecular weight excluding hydrogens is 284 g/mol. The number of benzene rings is 1. The van der Waals surface area contributed by atoms with Crippen molar-refractivity contribution in [3.8, 4) is 0 Å². The fourth-order valence-electron chi connectivity index (χ4n) is 1.77. The number of hydrogen-bond donors (Lipinski definition) is 2. The molecule has 0 heterocycles. The van der Waals surface area contributed by atoms with E-state index >= 15 is 0 Å². The van der Waals surface area contributed by atoms with Crippen molar-refractivity contribution >= 4 is 22.4 Å². The normalized spacial score (nSPS) is 13.1. The molecule has 0 aromatic heterocycles. The van der Waals surface area contributed by atoms with E-state index in [0.29, 0.717) is 12.5 Å². The number of aryl methyl sites for hydroxylation is 1. The Bertz CT molecular complexity index is 472. The van der Waals surface area contributed by atoms with Crippen LogP contribution in [0.15, 0.2) is 29.2 Å². The van der Waals surface area contributed by atoms with Gasteiger partial charge in [-0.1, -0.05) is 31.5 Å². The molecule has 1 aromatic carbocycles. The Labute approximate surface area is 122 Å². The van der Waals surface area contributed by atoms with Crippen molar-refractivity contribution in [1.29, 1.82) is 0 Å². The van der Waals surface area contributed by atoms with Crippen molar-refractivity contribution in [3.63, 3.8) is 0 Å². The van der Waals surface area contributed by atoms with E-state index in [1.807, 2.05) is 20.8 Å². The van der Waals surface area contributed by atoms with Gasteiger partial charge < -0.3 is 5.73 Å². The molecule has 19 heavy (non-hydrogen) atoms. The topological polar surface area (TPSA) is 72.2 Å². The molecule has 1 aromatic rings. The summed E-state index contributed by atoms with van der Waals surface area (Å²) in [7, 11) is -3.46. The minimum Gasteiger partial charge on any atom is -0.329 e. The summed E-state index contributed by atoms with van der Waals surface area (Å²) in [5, 5.41) is 0. The number of sulfonamides is 1. The van der Waals surface area contributed by atoms with E-state index in [0.717, 1.165) is 12.0 Å². The van der Waals surface area contributed by atoms with Crippen LogP contribution in [0.25, 0.3) is 0 Å². The van der Waals surface area contributed by atoms with Gasteiger partial charge in [-0.3, -0.25) is 0 Å². The van der Waals surface area contributed by atoms with Crippen LogP contribution in [0.4, 0.5) is 0 Å². The molecule has 0 fully saturated rings. The zero-order chi connectivity index (χ0) is 13.8. The first-order valence-corrected chi connectivity index (χ1v) is 7.62. The molecule has 110 valence electrons. The zero-order valence-corrected chi connectivity index (χ0v) is 13.2. The first kappa shape index (κ1) is 18.4. The molecule has 0 bridgehead atoms. The molecule has 1 atom stereocenters. The maximum absolute atomic E-state index is 12.1. The average Bonchev–Trinajstić information content (AvgIpc) is 2.27. The number of rotatable bonds is 6. The Morgan fingerprint density at radius 3 is 2.16 bits per heavy atom. The van der Waals surface area contributed by atoms with Crippen LogP contribution in [0, 0.1) is 12.8 Å². The summed E-state index contributed by atoms with van der Waals surface area (Å²) in [6.07, 6.45) is 0.738. The van der Waals surface area contributed by atoms with Gasteiger partial charge in [0.25, 0.3) is 0 Å². The zero-order valence-electron chi connectivity index (χ0n) is 11.6. The van der Waals surface area contributed by atoms with Gasteiger partial charge in [0.1, 0.15) is 0 Å². The fourth-order valence-corrected chi connectivity index (χ4v) is 3.03. The summed E-state index contributed by atoms with van der Waals surface area (Å²) in [5.74, 6) is 0.402. The summed E-state index contributed by atoms with van der Waals surface area (Å²) < 4.78 is 26.9. The molecule has 1 rings (SSSR count). The van der Waals surface area contributed by atoms with E-state index in [-0.39, 0.29) is 23.3 Å². The van der Waals surface area contributed by atoms with Gasteiger partial charge in [0.2, 0.25) is 10.0 Å². The molecule has 6 heteroatoms. The number of nitrogens with one attached hydrogen (secondary N) is 1. The highest BCUT2D eigenvalue weighted by molar-refractivity contribution is 7.89. The van der Waals surface area contributed by atoms with E-state index in [9.17, 15) is 8.42 Å². The van der Waals surface area contributed by atoms with Crippen LogP contribution in [-0.2, 0) is 10.0 Å². The summed E-state index contributed by atoms with van der Waals surface area (Å²) in [5.41, 5.74) is 6.64. The van der Waals surface area contributed by atoms with Crippen LogP contribution in [0.2, 0.25) is 0 Å². The molecule has 0 aliphatic heterocycles. The Morgan fingerprint density at radius 2 is 1.74 bits per heavy atom. The minimum absolute atomic E-state index is 0.